The van der Waals surface area contributed by atoms with Crippen LogP contribution in [-0.2, 0) is 0 Å². The smallest absolute Gasteiger partial charge is 0.0339 e. The summed E-state index contributed by atoms with van der Waals surface area (Å²) in [5, 5.41) is 0. The molecule has 0 N–H and O–H groups in total. The second-order valence-electron chi connectivity index (χ2n) is 0.332. The molecule has 5 heavy (non-hydrogen) atoms. The maximum absolute atomic E-state index is 4.39. The van der Waals surface area contributed by atoms with Gasteiger partial charge in [0.15, 0.2) is 0 Å². The van der Waals surface area contributed by atoms with Crippen molar-refractivity contribution in [2.45, 2.75) is 0 Å². The third kappa shape index (κ3) is 10.7. The van der Waals surface area contributed by atoms with Crippen molar-refractivity contribution < 1.29 is 0 Å². The molecule has 0 saturated carbocycles. The molecule has 1 radical (unpaired) electrons. The molecular formula is C2H4KS2. The molecule has 0 amide bonds. The molecule has 0 spiro atoms. The fraction of sp³-hybridized carbons (Fsp3) is 0.500. The van der Waals surface area contributed by atoms with Crippen LogP contribution >= 0.6 is 24.0 Å². The van der Waals surface area contributed by atoms with E-state index in [1.54, 1.807) is 16.5 Å². The molecule has 0 rings (SSSR count). The first-order valence-electron chi connectivity index (χ1n) is 0.880. The summed E-state index contributed by atoms with van der Waals surface area (Å²) in [5.74, 6) is 0. The fourth-order valence-electron chi connectivity index (χ4n) is 0. The third-order valence-electron chi connectivity index (χ3n) is 0.0962. The molecule has 0 aliphatic heterocycles. The van der Waals surface area contributed by atoms with Gasteiger partial charge in [0.1, 0.15) is 0 Å². The van der Waals surface area contributed by atoms with Crippen molar-refractivity contribution in [3.05, 3.63) is 0 Å². The molecule has 0 bridgehead atoms. The number of hydrogen-bond donors (Lipinski definition) is 0. The topological polar surface area (TPSA) is 0 Å². The summed E-state index contributed by atoms with van der Waals surface area (Å²) in [7, 11) is 0. The molecule has 0 saturated heterocycles. The van der Waals surface area contributed by atoms with Gasteiger partial charge >= 0.3 is 0 Å². The first-order chi connectivity index (χ1) is 1.91. The molecule has 0 unspecified atom stereocenters. The third-order valence-corrected chi connectivity index (χ3v) is 0.866. The predicted octanol–water partition coefficient (Wildman–Crippen LogP) is 0.926. The molecule has 0 aromatic rings. The van der Waals surface area contributed by atoms with E-state index in [2.05, 4.69) is 12.2 Å². The van der Waals surface area contributed by atoms with Crippen molar-refractivity contribution in [3.8, 4) is 0 Å². The standard InChI is InChI=1S/C2H4S2.K/c1-4-2-3;/h2H,1H3;. The van der Waals surface area contributed by atoms with Crippen LogP contribution in [0.25, 0.3) is 0 Å². The van der Waals surface area contributed by atoms with Gasteiger partial charge in [-0.15, -0.1) is 11.8 Å². The number of rotatable bonds is 1. The summed E-state index contributed by atoms with van der Waals surface area (Å²) < 4.78 is 1.62. The maximum Gasteiger partial charge on any atom is 0.0339 e. The second-order valence-corrected chi connectivity index (χ2v) is 1.57. The molecule has 0 heterocycles. The SMILES string of the molecule is CSC=S.[K]. The van der Waals surface area contributed by atoms with E-state index in [0.717, 1.165) is 0 Å². The van der Waals surface area contributed by atoms with Crippen molar-refractivity contribution in [3.63, 3.8) is 0 Å². The van der Waals surface area contributed by atoms with Crippen molar-refractivity contribution >= 4 is 80.1 Å². The Hall–Kier alpha value is 2.08. The van der Waals surface area contributed by atoms with E-state index < -0.39 is 0 Å². The van der Waals surface area contributed by atoms with Crippen LogP contribution in [0.4, 0.5) is 0 Å². The summed E-state index contributed by atoms with van der Waals surface area (Å²) >= 11 is 5.94. The molecule has 0 aliphatic rings. The van der Waals surface area contributed by atoms with Gasteiger partial charge in [-0.25, -0.2) is 0 Å². The monoisotopic (exact) mass is 131 g/mol. The van der Waals surface area contributed by atoms with Crippen LogP contribution in [0.15, 0.2) is 0 Å². The summed E-state index contributed by atoms with van der Waals surface area (Å²) in [6.45, 7) is 0. The fourth-order valence-corrected chi connectivity index (χ4v) is 0. The van der Waals surface area contributed by atoms with Gasteiger partial charge in [-0.1, -0.05) is 12.2 Å². The summed E-state index contributed by atoms with van der Waals surface area (Å²) in [6, 6.07) is 0. The summed E-state index contributed by atoms with van der Waals surface area (Å²) in [6.07, 6.45) is 1.94. The van der Waals surface area contributed by atoms with Gasteiger partial charge < -0.3 is 0 Å². The minimum atomic E-state index is 0. The zero-order chi connectivity index (χ0) is 3.41. The van der Waals surface area contributed by atoms with Gasteiger partial charge in [0.25, 0.3) is 0 Å². The molecule has 25 valence electrons. The average Bonchev–Trinajstić information content (AvgIpc) is 1.37. The van der Waals surface area contributed by atoms with Crippen LogP contribution in [0.1, 0.15) is 0 Å². The largest absolute Gasteiger partial charge is 0.126 e. The Bertz CT molecular complexity index is 21.6. The molecule has 3 heteroatoms. The molecular weight excluding hydrogens is 127 g/mol. The van der Waals surface area contributed by atoms with E-state index in [0.29, 0.717) is 0 Å². The van der Waals surface area contributed by atoms with Crippen LogP contribution in [-0.4, -0.2) is 62.3 Å². The zero-order valence-electron chi connectivity index (χ0n) is 3.39. The van der Waals surface area contributed by atoms with E-state index in [-0.39, 0.29) is 51.4 Å². The molecule has 0 aliphatic carbocycles. The molecule has 0 aromatic heterocycles. The Labute approximate surface area is 84.5 Å². The quantitative estimate of drug-likeness (QED) is 0.383. The van der Waals surface area contributed by atoms with Crippen molar-refractivity contribution in [2.75, 3.05) is 6.26 Å². The molecule has 0 nitrogen and oxygen atoms in total. The Morgan fingerprint density at radius 3 is 2.00 bits per heavy atom. The van der Waals surface area contributed by atoms with Crippen molar-refractivity contribution in [2.24, 2.45) is 0 Å². The van der Waals surface area contributed by atoms with E-state index in [1.807, 2.05) is 6.26 Å². The van der Waals surface area contributed by atoms with Gasteiger partial charge in [-0.3, -0.25) is 0 Å². The second kappa shape index (κ2) is 9.42. The predicted molar refractivity (Wildman–Crippen MR) is 32.9 cm³/mol. The Morgan fingerprint density at radius 2 is 2.00 bits per heavy atom. The Kier molecular flexibility index (Phi) is 19.1. The first-order valence-corrected chi connectivity index (χ1v) is 2.64. The van der Waals surface area contributed by atoms with Crippen LogP contribution in [0.5, 0.6) is 0 Å². The van der Waals surface area contributed by atoms with Gasteiger partial charge in [-0.2, -0.15) is 0 Å². The summed E-state index contributed by atoms with van der Waals surface area (Å²) in [4.78, 5) is 0. The zero-order valence-corrected chi connectivity index (χ0v) is 8.15. The summed E-state index contributed by atoms with van der Waals surface area (Å²) in [5.41, 5.74) is 0. The van der Waals surface area contributed by atoms with Crippen LogP contribution in [0.3, 0.4) is 0 Å². The Morgan fingerprint density at radius 1 is 1.80 bits per heavy atom. The average molecular weight is 131 g/mol. The van der Waals surface area contributed by atoms with Gasteiger partial charge in [0, 0.05) is 56.1 Å². The van der Waals surface area contributed by atoms with Crippen LogP contribution in [0, 0.1) is 0 Å². The maximum atomic E-state index is 4.39. The van der Waals surface area contributed by atoms with Gasteiger partial charge in [0.05, 0.1) is 0 Å². The molecule has 0 atom stereocenters. The molecule has 0 aromatic carbocycles. The number of thioether (sulfide) groups is 1. The Balaban J connectivity index is 0. The van der Waals surface area contributed by atoms with Crippen molar-refractivity contribution in [1.29, 1.82) is 0 Å². The van der Waals surface area contributed by atoms with E-state index in [1.165, 1.54) is 0 Å². The molecule has 0 fully saturated rings. The van der Waals surface area contributed by atoms with Crippen LogP contribution in [0.2, 0.25) is 0 Å². The minimum absolute atomic E-state index is 0. The number of thiocarbonyl (C=S) groups is 1. The van der Waals surface area contributed by atoms with Gasteiger partial charge in [-0.05, 0) is 6.26 Å². The van der Waals surface area contributed by atoms with E-state index in [4.69, 9.17) is 0 Å². The normalized spacial score (nSPS) is 5.00. The van der Waals surface area contributed by atoms with E-state index in [9.17, 15) is 0 Å². The number of hydrogen-bond acceptors (Lipinski definition) is 2. The minimum Gasteiger partial charge on any atom is -0.126 e. The first kappa shape index (κ1) is 10.1. The van der Waals surface area contributed by atoms with E-state index >= 15 is 0 Å². The van der Waals surface area contributed by atoms with Gasteiger partial charge in [0.2, 0.25) is 0 Å². The van der Waals surface area contributed by atoms with Crippen molar-refractivity contribution in [1.82, 2.24) is 0 Å². The van der Waals surface area contributed by atoms with Crippen LogP contribution < -0.4 is 0 Å².